The molecule has 2 aromatic carbocycles. The van der Waals surface area contributed by atoms with Crippen molar-refractivity contribution in [3.05, 3.63) is 64.7 Å². The Morgan fingerprint density at radius 1 is 1.07 bits per heavy atom. The molecule has 1 aliphatic carbocycles. The number of hydrogen-bond acceptors (Lipinski definition) is 5. The van der Waals surface area contributed by atoms with Gasteiger partial charge in [-0.1, -0.05) is 54.8 Å². The predicted octanol–water partition coefficient (Wildman–Crippen LogP) is 4.76. The Hall–Kier alpha value is -3.39. The largest absolute Gasteiger partial charge is 0.461 e. The summed E-state index contributed by atoms with van der Waals surface area (Å²) in [5, 5.41) is 10.6. The SMILES string of the molecule is CC(C)NC(=O)CC(CC1(C(=O)N[C@H]2CCc3ccccc3[N]C2=O)CCCC1)C(=O)OCc1ccc(Cl)cc1. The van der Waals surface area contributed by atoms with Crippen LogP contribution in [0.5, 0.6) is 0 Å². The molecular formula is C31H37ClN3O5. The van der Waals surface area contributed by atoms with Gasteiger partial charge in [-0.3, -0.25) is 19.2 Å². The van der Waals surface area contributed by atoms with E-state index in [-0.39, 0.29) is 43.2 Å². The third-order valence-corrected chi connectivity index (χ3v) is 7.97. The molecule has 1 radical (unpaired) electrons. The topological polar surface area (TPSA) is 116 Å². The molecule has 9 heteroatoms. The quantitative estimate of drug-likeness (QED) is 0.402. The van der Waals surface area contributed by atoms with Crippen molar-refractivity contribution in [3.8, 4) is 0 Å². The zero-order chi connectivity index (χ0) is 28.7. The summed E-state index contributed by atoms with van der Waals surface area (Å²) in [6.45, 7) is 3.74. The molecule has 1 unspecified atom stereocenters. The summed E-state index contributed by atoms with van der Waals surface area (Å²) in [6.07, 6.45) is 3.96. The number of carbonyl (C=O) groups excluding carboxylic acids is 4. The van der Waals surface area contributed by atoms with Crippen molar-refractivity contribution in [2.24, 2.45) is 11.3 Å². The Kier molecular flexibility index (Phi) is 9.85. The van der Waals surface area contributed by atoms with Crippen LogP contribution < -0.4 is 16.0 Å². The Morgan fingerprint density at radius 3 is 2.48 bits per heavy atom. The van der Waals surface area contributed by atoms with Gasteiger partial charge in [-0.2, -0.15) is 0 Å². The fraction of sp³-hybridized carbons (Fsp3) is 0.484. The maximum atomic E-state index is 13.8. The van der Waals surface area contributed by atoms with Gasteiger partial charge >= 0.3 is 5.97 Å². The lowest BCUT2D eigenvalue weighted by atomic mass is 9.75. The molecule has 0 bridgehead atoms. The maximum absolute atomic E-state index is 13.8. The summed E-state index contributed by atoms with van der Waals surface area (Å²) >= 11 is 5.96. The molecule has 1 aliphatic heterocycles. The first-order valence-corrected chi connectivity index (χ1v) is 14.4. The second-order valence-electron chi connectivity index (χ2n) is 11.2. The molecule has 1 saturated carbocycles. The number of esters is 1. The molecule has 2 aromatic rings. The Bertz CT molecular complexity index is 1220. The number of nitrogens with zero attached hydrogens (tertiary/aromatic N) is 1. The first kappa shape index (κ1) is 29.6. The Balaban J connectivity index is 1.48. The van der Waals surface area contributed by atoms with Gasteiger partial charge < -0.3 is 15.4 Å². The average Bonchev–Trinajstić information content (AvgIpc) is 3.34. The van der Waals surface area contributed by atoms with E-state index in [1.165, 1.54) is 0 Å². The number of rotatable bonds is 10. The lowest BCUT2D eigenvalue weighted by Crippen LogP contribution is -2.50. The number of nitrogens with one attached hydrogen (secondary N) is 2. The third-order valence-electron chi connectivity index (χ3n) is 7.72. The normalized spacial score (nSPS) is 18.7. The van der Waals surface area contributed by atoms with Gasteiger partial charge in [0.05, 0.1) is 17.0 Å². The van der Waals surface area contributed by atoms with Crippen molar-refractivity contribution >= 4 is 41.0 Å². The van der Waals surface area contributed by atoms with Crippen LogP contribution in [-0.4, -0.2) is 35.8 Å². The van der Waals surface area contributed by atoms with Crippen molar-refractivity contribution in [2.45, 2.75) is 83.9 Å². The van der Waals surface area contributed by atoms with Crippen molar-refractivity contribution in [3.63, 3.8) is 0 Å². The molecule has 213 valence electrons. The van der Waals surface area contributed by atoms with Crippen LogP contribution >= 0.6 is 11.6 Å². The molecule has 0 aromatic heterocycles. The summed E-state index contributed by atoms with van der Waals surface area (Å²) < 4.78 is 5.63. The van der Waals surface area contributed by atoms with Crippen LogP contribution in [0.3, 0.4) is 0 Å². The van der Waals surface area contributed by atoms with Gasteiger partial charge in [-0.15, -0.1) is 0 Å². The number of benzene rings is 2. The van der Waals surface area contributed by atoms with Crippen LogP contribution in [0.15, 0.2) is 48.5 Å². The number of halogens is 1. The fourth-order valence-electron chi connectivity index (χ4n) is 5.64. The minimum absolute atomic E-state index is 0.0378. The summed E-state index contributed by atoms with van der Waals surface area (Å²) in [7, 11) is 0. The second-order valence-corrected chi connectivity index (χ2v) is 11.6. The monoisotopic (exact) mass is 566 g/mol. The summed E-state index contributed by atoms with van der Waals surface area (Å²) in [5.74, 6) is -2.24. The smallest absolute Gasteiger partial charge is 0.309 e. The van der Waals surface area contributed by atoms with Crippen LogP contribution in [0.1, 0.15) is 69.9 Å². The van der Waals surface area contributed by atoms with Gasteiger partial charge in [0.1, 0.15) is 12.6 Å². The van der Waals surface area contributed by atoms with Crippen molar-refractivity contribution in [1.82, 2.24) is 16.0 Å². The Labute approximate surface area is 240 Å². The summed E-state index contributed by atoms with van der Waals surface area (Å²) in [5.41, 5.74) is 1.51. The van der Waals surface area contributed by atoms with Gasteiger partial charge in [-0.25, -0.2) is 5.32 Å². The van der Waals surface area contributed by atoms with E-state index in [4.69, 9.17) is 16.3 Å². The number of fused-ring (bicyclic) bond motifs is 1. The van der Waals surface area contributed by atoms with Crippen molar-refractivity contribution in [1.29, 1.82) is 0 Å². The summed E-state index contributed by atoms with van der Waals surface area (Å²) in [4.78, 5) is 52.8. The zero-order valence-electron chi connectivity index (χ0n) is 23.1. The molecule has 1 heterocycles. The molecule has 2 N–H and O–H groups in total. The zero-order valence-corrected chi connectivity index (χ0v) is 23.8. The maximum Gasteiger partial charge on any atom is 0.309 e. The number of carbonyl (C=O) groups is 4. The fourth-order valence-corrected chi connectivity index (χ4v) is 5.77. The van der Waals surface area contributed by atoms with E-state index in [0.29, 0.717) is 36.4 Å². The van der Waals surface area contributed by atoms with E-state index in [9.17, 15) is 19.2 Å². The summed E-state index contributed by atoms with van der Waals surface area (Å²) in [6, 6.07) is 13.6. The highest BCUT2D eigenvalue weighted by Crippen LogP contribution is 2.44. The van der Waals surface area contributed by atoms with E-state index in [0.717, 1.165) is 24.0 Å². The van der Waals surface area contributed by atoms with Gasteiger partial charge in [0.2, 0.25) is 11.8 Å². The molecule has 4 rings (SSSR count). The molecular weight excluding hydrogens is 530 g/mol. The number of aryl methyl sites for hydroxylation is 1. The molecule has 2 aliphatic rings. The van der Waals surface area contributed by atoms with Crippen molar-refractivity contribution < 1.29 is 23.9 Å². The Morgan fingerprint density at radius 2 is 1.77 bits per heavy atom. The molecule has 2 atom stereocenters. The van der Waals surface area contributed by atoms with Gasteiger partial charge in [0.15, 0.2) is 0 Å². The second kappa shape index (κ2) is 13.3. The average molecular weight is 567 g/mol. The van der Waals surface area contributed by atoms with Gasteiger partial charge in [0, 0.05) is 17.5 Å². The number of amides is 3. The highest BCUT2D eigenvalue weighted by Gasteiger charge is 2.46. The standard InChI is InChI=1S/C31H37ClN3O5/c1-20(2)33-27(36)17-23(29(38)40-19-21-9-12-24(32)13-10-21)18-31(15-5-6-16-31)30(39)35-26-14-11-22-7-3-4-8-25(22)34-28(26)37/h3-4,7-10,12-13,20,23,26H,5-6,11,14-19H2,1-2H3,(H,33,36)(H,35,39)/t23?,26-/m0/s1. The van der Waals surface area contributed by atoms with Crippen LogP contribution in [0.4, 0.5) is 5.69 Å². The highest BCUT2D eigenvalue weighted by atomic mass is 35.5. The predicted molar refractivity (Wildman–Crippen MR) is 152 cm³/mol. The number of para-hydroxylation sites is 1. The molecule has 3 amide bonds. The number of ether oxygens (including phenoxy) is 1. The molecule has 1 fully saturated rings. The first-order chi connectivity index (χ1) is 19.1. The molecule has 8 nitrogen and oxygen atoms in total. The van der Waals surface area contributed by atoms with E-state index in [2.05, 4.69) is 16.0 Å². The minimum atomic E-state index is -0.874. The lowest BCUT2D eigenvalue weighted by molar-refractivity contribution is -0.154. The van der Waals surface area contributed by atoms with Gasteiger partial charge in [-0.05, 0) is 75.3 Å². The van der Waals surface area contributed by atoms with E-state index < -0.39 is 23.3 Å². The van der Waals surface area contributed by atoms with Crippen LogP contribution in [0.2, 0.25) is 5.02 Å². The van der Waals surface area contributed by atoms with Crippen LogP contribution in [-0.2, 0) is 36.9 Å². The van der Waals surface area contributed by atoms with E-state index in [1.54, 1.807) is 30.3 Å². The molecule has 40 heavy (non-hydrogen) atoms. The third kappa shape index (κ3) is 7.62. The van der Waals surface area contributed by atoms with Gasteiger partial charge in [0.25, 0.3) is 5.91 Å². The van der Waals surface area contributed by atoms with Crippen molar-refractivity contribution in [2.75, 3.05) is 0 Å². The van der Waals surface area contributed by atoms with Crippen LogP contribution in [0.25, 0.3) is 0 Å². The van der Waals surface area contributed by atoms with Crippen LogP contribution in [0, 0.1) is 11.3 Å². The molecule has 0 saturated heterocycles. The number of hydrogen-bond donors (Lipinski definition) is 2. The minimum Gasteiger partial charge on any atom is -0.461 e. The van der Waals surface area contributed by atoms with E-state index in [1.807, 2.05) is 32.0 Å². The highest BCUT2D eigenvalue weighted by molar-refractivity contribution is 6.30. The van der Waals surface area contributed by atoms with E-state index >= 15 is 0 Å². The lowest BCUT2D eigenvalue weighted by Gasteiger charge is -2.32. The molecule has 0 spiro atoms. The first-order valence-electron chi connectivity index (χ1n) is 14.0.